The number of sulfonamides is 1. The van der Waals surface area contributed by atoms with Crippen LogP contribution in [-0.4, -0.2) is 45.8 Å². The van der Waals surface area contributed by atoms with Crippen molar-refractivity contribution in [2.75, 3.05) is 26.4 Å². The van der Waals surface area contributed by atoms with E-state index in [0.717, 1.165) is 17.0 Å². The number of nitrogens with two attached hydrogens (primary N) is 1. The summed E-state index contributed by atoms with van der Waals surface area (Å²) in [5, 5.41) is 4.97. The fourth-order valence-corrected chi connectivity index (χ4v) is 3.98. The number of hydrogen-bond acceptors (Lipinski definition) is 5. The van der Waals surface area contributed by atoms with E-state index in [1.807, 2.05) is 49.3 Å². The second kappa shape index (κ2) is 9.84. The fourth-order valence-electron chi connectivity index (χ4n) is 2.47. The molecule has 0 radical (unpaired) electrons. The first kappa shape index (κ1) is 23.5. The number of primary sulfonamides is 1. The Kier molecular flexibility index (Phi) is 7.98. The normalized spacial score (nSPS) is 13.5. The molecule has 0 bridgehead atoms. The molecule has 29 heavy (non-hydrogen) atoms. The summed E-state index contributed by atoms with van der Waals surface area (Å²) >= 11 is 1.48. The zero-order valence-corrected chi connectivity index (χ0v) is 17.7. The fraction of sp³-hybridized carbons (Fsp3) is 0.368. The summed E-state index contributed by atoms with van der Waals surface area (Å²) < 4.78 is 69.1. The Morgan fingerprint density at radius 3 is 2.34 bits per heavy atom. The first-order valence-corrected chi connectivity index (χ1v) is 11.2. The van der Waals surface area contributed by atoms with E-state index in [9.17, 15) is 21.6 Å². The Hall–Kier alpha value is -1.75. The average molecular weight is 449 g/mol. The Balaban J connectivity index is 2.28. The van der Waals surface area contributed by atoms with Crippen LogP contribution in [0.25, 0.3) is 0 Å². The molecule has 0 aliphatic heterocycles. The van der Waals surface area contributed by atoms with Gasteiger partial charge in [-0.15, -0.1) is 11.8 Å². The molecule has 0 saturated carbocycles. The number of hydrogen-bond donors (Lipinski definition) is 1. The second-order valence-corrected chi connectivity index (χ2v) is 9.31. The van der Waals surface area contributed by atoms with Crippen LogP contribution in [0.5, 0.6) is 5.75 Å². The van der Waals surface area contributed by atoms with Gasteiger partial charge in [-0.05, 0) is 50.8 Å². The first-order valence-electron chi connectivity index (χ1n) is 8.70. The molecule has 0 fully saturated rings. The summed E-state index contributed by atoms with van der Waals surface area (Å²) in [5.41, 5.74) is -1.16. The van der Waals surface area contributed by atoms with Gasteiger partial charge in [-0.25, -0.2) is 13.6 Å². The summed E-state index contributed by atoms with van der Waals surface area (Å²) in [4.78, 5) is 2.28. The van der Waals surface area contributed by atoms with Gasteiger partial charge < -0.3 is 9.64 Å². The van der Waals surface area contributed by atoms with E-state index in [1.54, 1.807) is 0 Å². The maximum absolute atomic E-state index is 13.5. The molecule has 2 rings (SSSR count). The van der Waals surface area contributed by atoms with Crippen LogP contribution in [0.15, 0.2) is 58.3 Å². The van der Waals surface area contributed by atoms with Gasteiger partial charge in [-0.2, -0.15) is 13.2 Å². The van der Waals surface area contributed by atoms with Crippen molar-refractivity contribution in [2.24, 2.45) is 5.14 Å². The smallest absolute Gasteiger partial charge is 0.420 e. The summed E-state index contributed by atoms with van der Waals surface area (Å²) in [7, 11) is -0.536. The third-order valence-electron chi connectivity index (χ3n) is 3.96. The van der Waals surface area contributed by atoms with Crippen molar-refractivity contribution in [3.05, 3.63) is 54.1 Å². The minimum atomic E-state index is -4.78. The molecule has 0 aliphatic rings. The van der Waals surface area contributed by atoms with Crippen LogP contribution in [0.1, 0.15) is 12.0 Å². The van der Waals surface area contributed by atoms with Crippen LogP contribution in [0.2, 0.25) is 0 Å². The molecule has 0 aliphatic carbocycles. The highest BCUT2D eigenvalue weighted by molar-refractivity contribution is 7.99. The topological polar surface area (TPSA) is 72.6 Å². The molecule has 2 aromatic rings. The molecular formula is C19H23F3N2O3S2. The lowest BCUT2D eigenvalue weighted by molar-refractivity contribution is -0.139. The van der Waals surface area contributed by atoms with Crippen LogP contribution in [-0.2, 0) is 16.2 Å². The van der Waals surface area contributed by atoms with Gasteiger partial charge in [0.2, 0.25) is 10.0 Å². The van der Waals surface area contributed by atoms with Crippen molar-refractivity contribution in [3.63, 3.8) is 0 Å². The highest BCUT2D eigenvalue weighted by Gasteiger charge is 2.36. The van der Waals surface area contributed by atoms with Crippen LogP contribution in [0.3, 0.4) is 0 Å². The van der Waals surface area contributed by atoms with E-state index in [0.29, 0.717) is 24.8 Å². The van der Waals surface area contributed by atoms with Crippen molar-refractivity contribution in [3.8, 4) is 5.75 Å². The van der Waals surface area contributed by atoms with E-state index < -0.39 is 38.5 Å². The minimum Gasteiger partial charge on any atom is -0.489 e. The van der Waals surface area contributed by atoms with Crippen molar-refractivity contribution in [2.45, 2.75) is 28.5 Å². The van der Waals surface area contributed by atoms with Crippen molar-refractivity contribution < 1.29 is 26.3 Å². The second-order valence-electron chi connectivity index (χ2n) is 6.66. The lowest BCUT2D eigenvalue weighted by Crippen LogP contribution is -2.27. The number of benzene rings is 2. The molecule has 10 heteroatoms. The third-order valence-corrected chi connectivity index (χ3v) is 6.01. The number of thioether (sulfide) groups is 1. The van der Waals surface area contributed by atoms with Gasteiger partial charge in [-0.3, -0.25) is 0 Å². The first-order chi connectivity index (χ1) is 13.5. The summed E-state index contributed by atoms with van der Waals surface area (Å²) in [6.45, 7) is 0.622. The summed E-state index contributed by atoms with van der Waals surface area (Å²) in [5.74, 6) is 0.0221. The predicted molar refractivity (Wildman–Crippen MR) is 108 cm³/mol. The molecule has 2 aromatic carbocycles. The Bertz CT molecular complexity index is 905. The van der Waals surface area contributed by atoms with Gasteiger partial charge in [0.05, 0.1) is 10.5 Å². The van der Waals surface area contributed by atoms with Crippen molar-refractivity contribution in [1.29, 1.82) is 0 Å². The molecule has 1 atom stereocenters. The monoisotopic (exact) mass is 448 g/mol. The van der Waals surface area contributed by atoms with Gasteiger partial charge in [0.15, 0.2) is 0 Å². The largest absolute Gasteiger partial charge is 0.489 e. The van der Waals surface area contributed by atoms with E-state index in [2.05, 4.69) is 0 Å². The molecule has 160 valence electrons. The highest BCUT2D eigenvalue weighted by Crippen LogP contribution is 2.38. The zero-order valence-electron chi connectivity index (χ0n) is 16.0. The number of halogens is 3. The molecule has 0 unspecified atom stereocenters. The molecule has 0 amide bonds. The Morgan fingerprint density at radius 2 is 1.79 bits per heavy atom. The quantitative estimate of drug-likeness (QED) is 0.590. The number of ether oxygens (including phenoxy) is 1. The SMILES string of the molecule is CN(C)CC[C@H](CSc1ccccc1)Oc1ccc(S(N)(=O)=O)cc1C(F)(F)F. The van der Waals surface area contributed by atoms with Crippen LogP contribution < -0.4 is 9.88 Å². The van der Waals surface area contributed by atoms with Crippen LogP contribution in [0, 0.1) is 0 Å². The van der Waals surface area contributed by atoms with Gasteiger partial charge in [0.25, 0.3) is 0 Å². The molecule has 0 spiro atoms. The standard InChI is InChI=1S/C19H23F3N2O3S2/c1-24(2)11-10-14(13-28-15-6-4-3-5-7-15)27-18-9-8-16(29(23,25)26)12-17(18)19(20,21)22/h3-9,12,14H,10-11,13H2,1-2H3,(H2,23,25,26)/t14-/m1/s1. The van der Waals surface area contributed by atoms with E-state index in [4.69, 9.17) is 9.88 Å². The Labute approximate surface area is 173 Å². The van der Waals surface area contributed by atoms with Gasteiger partial charge in [0.1, 0.15) is 11.9 Å². The summed E-state index contributed by atoms with van der Waals surface area (Å²) in [6.07, 6.45) is -4.79. The molecule has 0 aromatic heterocycles. The minimum absolute atomic E-state index is 0.415. The summed E-state index contributed by atoms with van der Waals surface area (Å²) in [6, 6.07) is 12.0. The van der Waals surface area contributed by atoms with E-state index in [-0.39, 0.29) is 0 Å². The highest BCUT2D eigenvalue weighted by atomic mass is 32.2. The van der Waals surface area contributed by atoms with Crippen molar-refractivity contribution >= 4 is 21.8 Å². The van der Waals surface area contributed by atoms with Gasteiger partial charge >= 0.3 is 6.18 Å². The van der Waals surface area contributed by atoms with Crippen LogP contribution in [0.4, 0.5) is 13.2 Å². The molecule has 2 N–H and O–H groups in total. The molecule has 5 nitrogen and oxygen atoms in total. The zero-order chi connectivity index (χ0) is 21.7. The predicted octanol–water partition coefficient (Wildman–Crippen LogP) is 3.84. The number of alkyl halides is 3. The van der Waals surface area contributed by atoms with Crippen LogP contribution >= 0.6 is 11.8 Å². The number of nitrogens with zero attached hydrogens (tertiary/aromatic N) is 1. The molecule has 0 heterocycles. The van der Waals surface area contributed by atoms with Gasteiger partial charge in [-0.1, -0.05) is 18.2 Å². The average Bonchev–Trinajstić information content (AvgIpc) is 2.63. The third kappa shape index (κ3) is 7.54. The van der Waals surface area contributed by atoms with Crippen molar-refractivity contribution in [1.82, 2.24) is 4.90 Å². The lowest BCUT2D eigenvalue weighted by Gasteiger charge is -2.23. The molecular weight excluding hydrogens is 425 g/mol. The molecule has 0 saturated heterocycles. The maximum Gasteiger partial charge on any atom is 0.420 e. The Morgan fingerprint density at radius 1 is 1.14 bits per heavy atom. The number of rotatable bonds is 9. The van der Waals surface area contributed by atoms with E-state index in [1.165, 1.54) is 11.8 Å². The van der Waals surface area contributed by atoms with Gasteiger partial charge in [0, 0.05) is 17.2 Å². The maximum atomic E-state index is 13.5. The van der Waals surface area contributed by atoms with E-state index >= 15 is 0 Å². The lowest BCUT2D eigenvalue weighted by atomic mass is 10.2.